The van der Waals surface area contributed by atoms with Gasteiger partial charge < -0.3 is 10.2 Å². The first kappa shape index (κ1) is 17.6. The van der Waals surface area contributed by atoms with Gasteiger partial charge in [-0.15, -0.1) is 10.2 Å². The van der Waals surface area contributed by atoms with Gasteiger partial charge in [0.05, 0.1) is 5.75 Å². The first-order valence-corrected chi connectivity index (χ1v) is 10.4. The molecule has 6 nitrogen and oxygen atoms in total. The van der Waals surface area contributed by atoms with Crippen molar-refractivity contribution in [2.24, 2.45) is 0 Å². The molecule has 0 aromatic carbocycles. The van der Waals surface area contributed by atoms with Crippen LogP contribution in [0.2, 0.25) is 0 Å². The molecule has 0 spiro atoms. The lowest BCUT2D eigenvalue weighted by Crippen LogP contribution is -2.32. The molecule has 1 aliphatic heterocycles. The molecular weight excluding hydrogens is 322 g/mol. The normalized spacial score (nSPS) is 18.0. The Morgan fingerprint density at radius 1 is 1.21 bits per heavy atom. The molecular formula is C17H29N5OS. The maximum atomic E-state index is 12.0. The molecule has 134 valence electrons. The minimum absolute atomic E-state index is 0.0981. The molecule has 0 radical (unpaired) electrons. The Kier molecular flexibility index (Phi) is 6.40. The highest BCUT2D eigenvalue weighted by molar-refractivity contribution is 7.99. The molecule has 0 unspecified atom stereocenters. The van der Waals surface area contributed by atoms with Gasteiger partial charge in [-0.05, 0) is 38.5 Å². The fourth-order valence-electron chi connectivity index (χ4n) is 3.11. The second-order valence-corrected chi connectivity index (χ2v) is 7.72. The van der Waals surface area contributed by atoms with Gasteiger partial charge in [0.15, 0.2) is 5.16 Å². The van der Waals surface area contributed by atoms with E-state index in [-0.39, 0.29) is 5.91 Å². The summed E-state index contributed by atoms with van der Waals surface area (Å²) < 4.78 is 2.28. The van der Waals surface area contributed by atoms with Crippen LogP contribution in [0.15, 0.2) is 5.16 Å². The van der Waals surface area contributed by atoms with Crippen molar-refractivity contribution in [1.82, 2.24) is 20.1 Å². The summed E-state index contributed by atoms with van der Waals surface area (Å²) in [5.74, 6) is 1.54. The van der Waals surface area contributed by atoms with E-state index >= 15 is 0 Å². The summed E-state index contributed by atoms with van der Waals surface area (Å²) in [5.41, 5.74) is 0. The summed E-state index contributed by atoms with van der Waals surface area (Å²) in [6.45, 7) is 5.10. The lowest BCUT2D eigenvalue weighted by molar-refractivity contribution is -0.118. The molecule has 1 N–H and O–H groups in total. The molecule has 7 heteroatoms. The highest BCUT2D eigenvalue weighted by Crippen LogP contribution is 2.41. The van der Waals surface area contributed by atoms with Gasteiger partial charge in [0, 0.05) is 25.7 Å². The zero-order valence-corrected chi connectivity index (χ0v) is 15.5. The molecule has 2 heterocycles. The predicted octanol–water partition coefficient (Wildman–Crippen LogP) is 3.00. The van der Waals surface area contributed by atoms with Crippen LogP contribution in [0, 0.1) is 0 Å². The van der Waals surface area contributed by atoms with Crippen LogP contribution in [0.4, 0.5) is 5.95 Å². The number of nitrogens with zero attached hydrogens (tertiary/aromatic N) is 4. The number of rotatable bonds is 9. The van der Waals surface area contributed by atoms with Crippen LogP contribution in [0.3, 0.4) is 0 Å². The zero-order valence-electron chi connectivity index (χ0n) is 14.7. The number of unbranched alkanes of at least 4 members (excludes halogenated alkanes) is 2. The summed E-state index contributed by atoms with van der Waals surface area (Å²) in [6.07, 6.45) is 9.60. The summed E-state index contributed by atoms with van der Waals surface area (Å²) >= 11 is 1.52. The molecule has 1 saturated carbocycles. The molecule has 0 bridgehead atoms. The van der Waals surface area contributed by atoms with Gasteiger partial charge in [0.25, 0.3) is 0 Å². The van der Waals surface area contributed by atoms with Crippen molar-refractivity contribution in [1.29, 1.82) is 0 Å². The third-order valence-electron chi connectivity index (χ3n) is 4.63. The van der Waals surface area contributed by atoms with Crippen LogP contribution >= 0.6 is 11.8 Å². The van der Waals surface area contributed by atoms with E-state index in [1.54, 1.807) is 0 Å². The number of nitrogens with one attached hydrogen (secondary N) is 1. The standard InChI is InChI=1S/C17H29N5OS/c1-2-3-5-10-18-15(23)13-24-17-20-19-16(22(17)14-8-9-14)21-11-6-4-7-12-21/h14H,2-13H2,1H3,(H,18,23). The Hall–Kier alpha value is -1.24. The van der Waals surface area contributed by atoms with Crippen LogP contribution in [0.1, 0.15) is 64.3 Å². The van der Waals surface area contributed by atoms with E-state index in [1.165, 1.54) is 56.7 Å². The monoisotopic (exact) mass is 351 g/mol. The molecule has 24 heavy (non-hydrogen) atoms. The van der Waals surface area contributed by atoms with Crippen LogP contribution in [0.25, 0.3) is 0 Å². The average Bonchev–Trinajstić information content (AvgIpc) is 3.37. The first-order valence-electron chi connectivity index (χ1n) is 9.39. The van der Waals surface area contributed by atoms with Gasteiger partial charge in [0.1, 0.15) is 0 Å². The van der Waals surface area contributed by atoms with E-state index in [4.69, 9.17) is 0 Å². The zero-order chi connectivity index (χ0) is 16.8. The molecule has 1 aromatic heterocycles. The van der Waals surface area contributed by atoms with Crippen molar-refractivity contribution in [3.63, 3.8) is 0 Å². The first-order chi connectivity index (χ1) is 11.8. The van der Waals surface area contributed by atoms with E-state index in [2.05, 4.69) is 31.9 Å². The van der Waals surface area contributed by atoms with Crippen molar-refractivity contribution in [2.75, 3.05) is 30.3 Å². The smallest absolute Gasteiger partial charge is 0.230 e. The minimum atomic E-state index is 0.0981. The number of carbonyl (C=O) groups is 1. The Bertz CT molecular complexity index is 537. The average molecular weight is 352 g/mol. The minimum Gasteiger partial charge on any atom is -0.355 e. The topological polar surface area (TPSA) is 63.1 Å². The number of hydrogen-bond donors (Lipinski definition) is 1. The van der Waals surface area contributed by atoms with Crippen molar-refractivity contribution < 1.29 is 4.79 Å². The Morgan fingerprint density at radius 2 is 2.00 bits per heavy atom. The Morgan fingerprint density at radius 3 is 2.71 bits per heavy atom. The van der Waals surface area contributed by atoms with Crippen LogP contribution < -0.4 is 10.2 Å². The van der Waals surface area contributed by atoms with Crippen molar-refractivity contribution in [2.45, 2.75) is 69.5 Å². The summed E-state index contributed by atoms with van der Waals surface area (Å²) in [4.78, 5) is 14.3. The molecule has 0 atom stereocenters. The van der Waals surface area contributed by atoms with Crippen molar-refractivity contribution >= 4 is 23.6 Å². The highest BCUT2D eigenvalue weighted by Gasteiger charge is 2.32. The lowest BCUT2D eigenvalue weighted by Gasteiger charge is -2.27. The SMILES string of the molecule is CCCCCNC(=O)CSc1nnc(N2CCCCC2)n1C1CC1. The predicted molar refractivity (Wildman–Crippen MR) is 97.6 cm³/mol. The van der Waals surface area contributed by atoms with Crippen molar-refractivity contribution in [3.05, 3.63) is 0 Å². The number of amides is 1. The van der Waals surface area contributed by atoms with Crippen LogP contribution in [-0.4, -0.2) is 46.1 Å². The molecule has 2 fully saturated rings. The van der Waals surface area contributed by atoms with Crippen LogP contribution in [0.5, 0.6) is 0 Å². The maximum absolute atomic E-state index is 12.0. The van der Waals surface area contributed by atoms with Gasteiger partial charge in [-0.1, -0.05) is 31.5 Å². The van der Waals surface area contributed by atoms with E-state index in [0.717, 1.165) is 37.2 Å². The van der Waals surface area contributed by atoms with Gasteiger partial charge in [-0.3, -0.25) is 9.36 Å². The second-order valence-electron chi connectivity index (χ2n) is 6.78. The third-order valence-corrected chi connectivity index (χ3v) is 5.58. The van der Waals surface area contributed by atoms with Crippen LogP contribution in [-0.2, 0) is 4.79 Å². The van der Waals surface area contributed by atoms with Crippen molar-refractivity contribution in [3.8, 4) is 0 Å². The molecule has 1 aromatic rings. The van der Waals surface area contributed by atoms with Gasteiger partial charge in [-0.2, -0.15) is 0 Å². The number of anilines is 1. The van der Waals surface area contributed by atoms with E-state index < -0.39 is 0 Å². The molecule has 3 rings (SSSR count). The number of aromatic nitrogens is 3. The number of thioether (sulfide) groups is 1. The van der Waals surface area contributed by atoms with E-state index in [0.29, 0.717) is 11.8 Å². The molecule has 2 aliphatic rings. The number of carbonyl (C=O) groups excluding carboxylic acids is 1. The largest absolute Gasteiger partial charge is 0.355 e. The fourth-order valence-corrected chi connectivity index (χ4v) is 3.94. The number of hydrogen-bond acceptors (Lipinski definition) is 5. The molecule has 1 aliphatic carbocycles. The van der Waals surface area contributed by atoms with Gasteiger partial charge in [0.2, 0.25) is 11.9 Å². The van der Waals surface area contributed by atoms with Gasteiger partial charge >= 0.3 is 0 Å². The fraction of sp³-hybridized carbons (Fsp3) is 0.824. The van der Waals surface area contributed by atoms with E-state index in [9.17, 15) is 4.79 Å². The highest BCUT2D eigenvalue weighted by atomic mass is 32.2. The summed E-state index contributed by atoms with van der Waals surface area (Å²) in [6, 6.07) is 0.534. The third kappa shape index (κ3) is 4.65. The maximum Gasteiger partial charge on any atom is 0.230 e. The second kappa shape index (κ2) is 8.74. The molecule has 1 saturated heterocycles. The summed E-state index contributed by atoms with van der Waals surface area (Å²) in [7, 11) is 0. The Balaban J connectivity index is 1.55. The summed E-state index contributed by atoms with van der Waals surface area (Å²) in [5, 5.41) is 12.7. The van der Waals surface area contributed by atoms with E-state index in [1.807, 2.05) is 0 Å². The quantitative estimate of drug-likeness (QED) is 0.547. The Labute approximate surface area is 148 Å². The number of piperidine rings is 1. The van der Waals surface area contributed by atoms with Gasteiger partial charge in [-0.25, -0.2) is 0 Å². The lowest BCUT2D eigenvalue weighted by atomic mass is 10.1. The molecule has 1 amide bonds.